The average Bonchev–Trinajstić information content (AvgIpc) is 2.51. The quantitative estimate of drug-likeness (QED) is 0.862. The fraction of sp³-hybridized carbons (Fsp3) is 0.316. The lowest BCUT2D eigenvalue weighted by Gasteiger charge is -2.16. The van der Waals surface area contributed by atoms with Gasteiger partial charge in [0.15, 0.2) is 0 Å². The van der Waals surface area contributed by atoms with E-state index in [1.807, 2.05) is 63.5 Å². The molecular weight excluding hydrogens is 286 g/mol. The van der Waals surface area contributed by atoms with Gasteiger partial charge in [-0.1, -0.05) is 42.5 Å². The predicted molar refractivity (Wildman–Crippen MR) is 95.3 cm³/mol. The molecule has 23 heavy (non-hydrogen) atoms. The zero-order valence-electron chi connectivity index (χ0n) is 14.0. The molecular formula is C19H25N3O. The van der Waals surface area contributed by atoms with Gasteiger partial charge in [-0.3, -0.25) is 4.79 Å². The minimum Gasteiger partial charge on any atom is -0.324 e. The maximum atomic E-state index is 12.4. The number of carbonyl (C=O) groups is 1. The molecule has 122 valence electrons. The van der Waals surface area contributed by atoms with E-state index in [0.29, 0.717) is 6.42 Å². The molecule has 0 heterocycles. The number of hydrogen-bond donors (Lipinski definition) is 2. The van der Waals surface area contributed by atoms with Gasteiger partial charge in [-0.15, -0.1) is 0 Å². The lowest BCUT2D eigenvalue weighted by Crippen LogP contribution is -2.37. The molecule has 0 spiro atoms. The molecule has 0 bridgehead atoms. The van der Waals surface area contributed by atoms with Gasteiger partial charge in [0.2, 0.25) is 5.91 Å². The second-order valence-corrected chi connectivity index (χ2v) is 6.17. The van der Waals surface area contributed by atoms with Gasteiger partial charge in [-0.25, -0.2) is 0 Å². The SMILES string of the molecule is Cc1ccc(CN(C)C)cc1NC(=O)C(N)Cc1ccccc1. The van der Waals surface area contributed by atoms with E-state index in [2.05, 4.69) is 16.3 Å². The van der Waals surface area contributed by atoms with Crippen molar-refractivity contribution >= 4 is 11.6 Å². The van der Waals surface area contributed by atoms with E-state index in [4.69, 9.17) is 5.73 Å². The maximum absolute atomic E-state index is 12.4. The monoisotopic (exact) mass is 311 g/mol. The molecule has 3 N–H and O–H groups in total. The third-order valence-corrected chi connectivity index (χ3v) is 3.69. The molecule has 0 saturated carbocycles. The Kier molecular flexibility index (Phi) is 5.90. The molecule has 0 radical (unpaired) electrons. The van der Waals surface area contributed by atoms with Crippen LogP contribution in [0, 0.1) is 6.92 Å². The van der Waals surface area contributed by atoms with Crippen molar-refractivity contribution in [2.75, 3.05) is 19.4 Å². The molecule has 1 unspecified atom stereocenters. The van der Waals surface area contributed by atoms with Crippen LogP contribution in [0.25, 0.3) is 0 Å². The molecule has 0 aromatic heterocycles. The molecule has 1 atom stereocenters. The summed E-state index contributed by atoms with van der Waals surface area (Å²) in [6.45, 7) is 2.82. The van der Waals surface area contributed by atoms with Crippen molar-refractivity contribution in [3.05, 3.63) is 65.2 Å². The molecule has 0 saturated heterocycles. The van der Waals surface area contributed by atoms with Crippen LogP contribution in [0.4, 0.5) is 5.69 Å². The minimum atomic E-state index is -0.561. The molecule has 2 rings (SSSR count). The smallest absolute Gasteiger partial charge is 0.241 e. The maximum Gasteiger partial charge on any atom is 0.241 e. The molecule has 2 aromatic rings. The highest BCUT2D eigenvalue weighted by molar-refractivity contribution is 5.95. The number of hydrogen-bond acceptors (Lipinski definition) is 3. The van der Waals surface area contributed by atoms with E-state index >= 15 is 0 Å². The summed E-state index contributed by atoms with van der Waals surface area (Å²) in [6.07, 6.45) is 0.531. The molecule has 0 fully saturated rings. The van der Waals surface area contributed by atoms with Crippen LogP contribution >= 0.6 is 0 Å². The summed E-state index contributed by atoms with van der Waals surface area (Å²) in [5, 5.41) is 2.96. The first-order chi connectivity index (χ1) is 11.0. The van der Waals surface area contributed by atoms with Gasteiger partial charge in [0, 0.05) is 12.2 Å². The summed E-state index contributed by atoms with van der Waals surface area (Å²) in [6, 6.07) is 15.4. The van der Waals surface area contributed by atoms with Crippen molar-refractivity contribution in [3.63, 3.8) is 0 Å². The van der Waals surface area contributed by atoms with Gasteiger partial charge in [0.1, 0.15) is 0 Å². The molecule has 1 amide bonds. The van der Waals surface area contributed by atoms with Crippen LogP contribution in [-0.4, -0.2) is 30.9 Å². The highest BCUT2D eigenvalue weighted by Gasteiger charge is 2.15. The molecule has 4 nitrogen and oxygen atoms in total. The van der Waals surface area contributed by atoms with E-state index in [-0.39, 0.29) is 5.91 Å². The third kappa shape index (κ3) is 5.20. The number of amides is 1. The first kappa shape index (κ1) is 17.2. The largest absolute Gasteiger partial charge is 0.324 e. The summed E-state index contributed by atoms with van der Waals surface area (Å²) < 4.78 is 0. The molecule has 0 aliphatic heterocycles. The number of rotatable bonds is 6. The van der Waals surface area contributed by atoms with E-state index in [1.165, 1.54) is 0 Å². The fourth-order valence-electron chi connectivity index (χ4n) is 2.45. The second-order valence-electron chi connectivity index (χ2n) is 6.17. The molecule has 4 heteroatoms. The lowest BCUT2D eigenvalue weighted by atomic mass is 10.1. The van der Waals surface area contributed by atoms with Crippen LogP contribution < -0.4 is 11.1 Å². The topological polar surface area (TPSA) is 58.4 Å². The number of carbonyl (C=O) groups excluding carboxylic acids is 1. The zero-order valence-corrected chi connectivity index (χ0v) is 14.0. The van der Waals surface area contributed by atoms with Gasteiger partial charge in [-0.05, 0) is 50.2 Å². The van der Waals surface area contributed by atoms with Gasteiger partial charge < -0.3 is 16.0 Å². The number of aryl methyl sites for hydroxylation is 1. The van der Waals surface area contributed by atoms with Crippen molar-refractivity contribution in [3.8, 4) is 0 Å². The van der Waals surface area contributed by atoms with E-state index in [9.17, 15) is 4.79 Å². The van der Waals surface area contributed by atoms with Gasteiger partial charge in [0.25, 0.3) is 0 Å². The van der Waals surface area contributed by atoms with Crippen LogP contribution in [0.3, 0.4) is 0 Å². The van der Waals surface area contributed by atoms with Gasteiger partial charge in [-0.2, -0.15) is 0 Å². The summed E-state index contributed by atoms with van der Waals surface area (Å²) in [4.78, 5) is 14.5. The van der Waals surface area contributed by atoms with Crippen molar-refractivity contribution < 1.29 is 4.79 Å². The highest BCUT2D eigenvalue weighted by Crippen LogP contribution is 2.18. The normalized spacial score (nSPS) is 12.2. The van der Waals surface area contributed by atoms with E-state index < -0.39 is 6.04 Å². The Morgan fingerprint density at radius 1 is 1.13 bits per heavy atom. The lowest BCUT2D eigenvalue weighted by molar-refractivity contribution is -0.117. The van der Waals surface area contributed by atoms with Crippen LogP contribution in [0.1, 0.15) is 16.7 Å². The number of benzene rings is 2. The molecule has 2 aromatic carbocycles. The minimum absolute atomic E-state index is 0.154. The number of nitrogens with two attached hydrogens (primary N) is 1. The van der Waals surface area contributed by atoms with Crippen LogP contribution in [0.5, 0.6) is 0 Å². The van der Waals surface area contributed by atoms with E-state index in [0.717, 1.165) is 28.9 Å². The van der Waals surface area contributed by atoms with Crippen molar-refractivity contribution in [2.24, 2.45) is 5.73 Å². The third-order valence-electron chi connectivity index (χ3n) is 3.69. The van der Waals surface area contributed by atoms with Crippen molar-refractivity contribution in [1.29, 1.82) is 0 Å². The fourth-order valence-corrected chi connectivity index (χ4v) is 2.45. The van der Waals surface area contributed by atoms with Crippen LogP contribution in [0.15, 0.2) is 48.5 Å². The van der Waals surface area contributed by atoms with Crippen LogP contribution in [0.2, 0.25) is 0 Å². The Labute approximate surface area is 138 Å². The Balaban J connectivity index is 2.04. The Morgan fingerprint density at radius 2 is 1.83 bits per heavy atom. The molecule has 0 aliphatic carbocycles. The van der Waals surface area contributed by atoms with Gasteiger partial charge in [0.05, 0.1) is 6.04 Å². The molecule has 0 aliphatic rings. The predicted octanol–water partition coefficient (Wildman–Crippen LogP) is 2.57. The van der Waals surface area contributed by atoms with E-state index in [1.54, 1.807) is 0 Å². The number of nitrogens with one attached hydrogen (secondary N) is 1. The van der Waals surface area contributed by atoms with Gasteiger partial charge >= 0.3 is 0 Å². The number of anilines is 1. The van der Waals surface area contributed by atoms with Crippen molar-refractivity contribution in [2.45, 2.75) is 25.9 Å². The first-order valence-corrected chi connectivity index (χ1v) is 7.80. The second kappa shape index (κ2) is 7.90. The summed E-state index contributed by atoms with van der Waals surface area (Å²) >= 11 is 0. The summed E-state index contributed by atoms with van der Waals surface area (Å²) in [7, 11) is 4.04. The standard InChI is InChI=1S/C19H25N3O/c1-14-9-10-16(13-22(2)3)12-18(14)21-19(23)17(20)11-15-7-5-4-6-8-15/h4-10,12,17H,11,13,20H2,1-3H3,(H,21,23). The Morgan fingerprint density at radius 3 is 2.48 bits per heavy atom. The average molecular weight is 311 g/mol. The highest BCUT2D eigenvalue weighted by atomic mass is 16.2. The van der Waals surface area contributed by atoms with Crippen LogP contribution in [-0.2, 0) is 17.8 Å². The summed E-state index contributed by atoms with van der Waals surface area (Å²) in [5.74, 6) is -0.154. The number of nitrogens with zero attached hydrogens (tertiary/aromatic N) is 1. The Bertz CT molecular complexity index is 653. The Hall–Kier alpha value is -2.17. The van der Waals surface area contributed by atoms with Crippen molar-refractivity contribution in [1.82, 2.24) is 4.90 Å². The first-order valence-electron chi connectivity index (χ1n) is 7.80. The summed E-state index contributed by atoms with van der Waals surface area (Å²) in [5.41, 5.74) is 10.1. The zero-order chi connectivity index (χ0) is 16.8.